The molecule has 0 aliphatic carbocycles. The van der Waals surface area contributed by atoms with E-state index in [2.05, 4.69) is 43.6 Å². The zero-order valence-electron chi connectivity index (χ0n) is 9.79. The zero-order chi connectivity index (χ0) is 11.4. The highest BCUT2D eigenvalue weighted by Gasteiger charge is 2.00. The van der Waals surface area contributed by atoms with E-state index in [1.165, 1.54) is 11.1 Å². The second-order valence-corrected chi connectivity index (χ2v) is 4.58. The van der Waals surface area contributed by atoms with Crippen LogP contribution in [0.1, 0.15) is 23.6 Å². The number of aryl methyl sites for hydroxylation is 2. The van der Waals surface area contributed by atoms with E-state index in [0.29, 0.717) is 0 Å². The van der Waals surface area contributed by atoms with Crippen molar-refractivity contribution in [3.63, 3.8) is 0 Å². The van der Waals surface area contributed by atoms with Crippen molar-refractivity contribution in [3.05, 3.63) is 41.5 Å². The molecule has 80 valence electrons. The Morgan fingerprint density at radius 3 is 2.47 bits per heavy atom. The lowest BCUT2D eigenvalue weighted by Gasteiger charge is -2.05. The minimum atomic E-state index is 0.838. The summed E-state index contributed by atoms with van der Waals surface area (Å²) in [5.41, 5.74) is 4.53. The smallest absolute Gasteiger partial charge is 0.0704 e. The average molecular weight is 219 g/mol. The van der Waals surface area contributed by atoms with Crippen LogP contribution in [0.2, 0.25) is 0 Å². The third-order valence-electron chi connectivity index (χ3n) is 2.43. The summed E-state index contributed by atoms with van der Waals surface area (Å²) in [6.45, 7) is 10.2. The van der Waals surface area contributed by atoms with Crippen molar-refractivity contribution in [1.82, 2.24) is 0 Å². The van der Waals surface area contributed by atoms with Crippen molar-refractivity contribution in [3.8, 4) is 0 Å². The van der Waals surface area contributed by atoms with Gasteiger partial charge < -0.3 is 0 Å². The van der Waals surface area contributed by atoms with Gasteiger partial charge in [-0.3, -0.25) is 0 Å². The highest BCUT2D eigenvalue weighted by molar-refractivity contribution is 8.13. The number of benzene rings is 1. The summed E-state index contributed by atoms with van der Waals surface area (Å²) < 4.78 is 0. The first-order valence-electron chi connectivity index (χ1n) is 4.90. The Balaban J connectivity index is 2.97. The lowest BCUT2D eigenvalue weighted by atomic mass is 10.1. The van der Waals surface area contributed by atoms with Gasteiger partial charge in [0.15, 0.2) is 0 Å². The SMILES string of the molecule is C=C(N=C(C)SC)c1ccc(C)c(C)c1. The predicted molar refractivity (Wildman–Crippen MR) is 71.6 cm³/mol. The van der Waals surface area contributed by atoms with Gasteiger partial charge in [0.2, 0.25) is 0 Å². The predicted octanol–water partition coefficient (Wildman–Crippen LogP) is 4.06. The molecule has 0 atom stereocenters. The second kappa shape index (κ2) is 5.17. The van der Waals surface area contributed by atoms with Crippen LogP contribution in [0.4, 0.5) is 0 Å². The molecule has 0 aliphatic heterocycles. The van der Waals surface area contributed by atoms with Crippen LogP contribution in [-0.4, -0.2) is 11.3 Å². The summed E-state index contributed by atoms with van der Waals surface area (Å²) in [6.07, 6.45) is 2.02. The van der Waals surface area contributed by atoms with Crippen LogP contribution in [0, 0.1) is 13.8 Å². The van der Waals surface area contributed by atoms with E-state index in [1.54, 1.807) is 11.8 Å². The molecule has 0 N–H and O–H groups in total. The summed E-state index contributed by atoms with van der Waals surface area (Å²) in [6, 6.07) is 6.32. The van der Waals surface area contributed by atoms with E-state index in [1.807, 2.05) is 13.2 Å². The van der Waals surface area contributed by atoms with Crippen LogP contribution in [-0.2, 0) is 0 Å². The normalized spacial score (nSPS) is 11.6. The first-order valence-corrected chi connectivity index (χ1v) is 6.13. The fourth-order valence-electron chi connectivity index (χ4n) is 1.22. The van der Waals surface area contributed by atoms with Gasteiger partial charge in [-0.1, -0.05) is 18.7 Å². The molecule has 0 radical (unpaired) electrons. The molecule has 1 nitrogen and oxygen atoms in total. The average Bonchev–Trinajstić information content (AvgIpc) is 2.21. The van der Waals surface area contributed by atoms with Crippen molar-refractivity contribution in [1.29, 1.82) is 0 Å². The number of hydrogen-bond donors (Lipinski definition) is 0. The molecule has 0 fully saturated rings. The minimum absolute atomic E-state index is 0.838. The molecule has 1 aromatic rings. The van der Waals surface area contributed by atoms with Gasteiger partial charge in [0.05, 0.1) is 10.7 Å². The van der Waals surface area contributed by atoms with Crippen LogP contribution < -0.4 is 0 Å². The van der Waals surface area contributed by atoms with Gasteiger partial charge in [-0.05, 0) is 49.8 Å². The molecular formula is C13H17NS. The maximum atomic E-state index is 4.42. The quantitative estimate of drug-likeness (QED) is 0.540. The van der Waals surface area contributed by atoms with Gasteiger partial charge >= 0.3 is 0 Å². The van der Waals surface area contributed by atoms with Gasteiger partial charge in [0, 0.05) is 0 Å². The summed E-state index contributed by atoms with van der Waals surface area (Å²) in [5, 5.41) is 1.04. The molecule has 0 heterocycles. The molecule has 0 aliphatic rings. The first kappa shape index (κ1) is 12.1. The minimum Gasteiger partial charge on any atom is -0.247 e. The summed E-state index contributed by atoms with van der Waals surface area (Å²) in [7, 11) is 0. The van der Waals surface area contributed by atoms with Gasteiger partial charge in [-0.15, -0.1) is 11.8 Å². The molecule has 1 aromatic carbocycles. The van der Waals surface area contributed by atoms with Crippen LogP contribution >= 0.6 is 11.8 Å². The molecule has 0 amide bonds. The van der Waals surface area contributed by atoms with Crippen LogP contribution in [0.25, 0.3) is 5.70 Å². The maximum absolute atomic E-state index is 4.42. The van der Waals surface area contributed by atoms with Gasteiger partial charge in [0.25, 0.3) is 0 Å². The summed E-state index contributed by atoms with van der Waals surface area (Å²) in [5.74, 6) is 0. The van der Waals surface area contributed by atoms with Crippen molar-refractivity contribution >= 4 is 22.5 Å². The van der Waals surface area contributed by atoms with Crippen molar-refractivity contribution in [2.45, 2.75) is 20.8 Å². The third-order valence-corrected chi connectivity index (χ3v) is 3.11. The van der Waals surface area contributed by atoms with Crippen molar-refractivity contribution in [2.24, 2.45) is 4.99 Å². The monoisotopic (exact) mass is 219 g/mol. The highest BCUT2D eigenvalue weighted by Crippen LogP contribution is 2.18. The number of rotatable bonds is 2. The zero-order valence-corrected chi connectivity index (χ0v) is 10.6. The molecule has 0 saturated carbocycles. The number of hydrogen-bond acceptors (Lipinski definition) is 2. The summed E-state index contributed by atoms with van der Waals surface area (Å²) >= 11 is 1.64. The Morgan fingerprint density at radius 1 is 1.27 bits per heavy atom. The third kappa shape index (κ3) is 3.24. The van der Waals surface area contributed by atoms with Crippen molar-refractivity contribution in [2.75, 3.05) is 6.26 Å². The molecule has 0 spiro atoms. The number of thioether (sulfide) groups is 1. The largest absolute Gasteiger partial charge is 0.247 e. The van der Waals surface area contributed by atoms with E-state index < -0.39 is 0 Å². The van der Waals surface area contributed by atoms with E-state index in [4.69, 9.17) is 0 Å². The molecule has 0 unspecified atom stereocenters. The van der Waals surface area contributed by atoms with E-state index in [9.17, 15) is 0 Å². The first-order chi connectivity index (χ1) is 7.04. The number of nitrogens with zero attached hydrogens (tertiary/aromatic N) is 1. The molecule has 0 aromatic heterocycles. The molecular weight excluding hydrogens is 202 g/mol. The maximum Gasteiger partial charge on any atom is 0.0704 e. The van der Waals surface area contributed by atoms with Crippen LogP contribution in [0.5, 0.6) is 0 Å². The van der Waals surface area contributed by atoms with E-state index in [-0.39, 0.29) is 0 Å². The fraction of sp³-hybridized carbons (Fsp3) is 0.308. The lowest BCUT2D eigenvalue weighted by Crippen LogP contribution is -1.88. The molecule has 2 heteroatoms. The Morgan fingerprint density at radius 2 is 1.93 bits per heavy atom. The Hall–Kier alpha value is -1.02. The summed E-state index contributed by atoms with van der Waals surface area (Å²) in [4.78, 5) is 4.42. The molecule has 0 bridgehead atoms. The van der Waals surface area contributed by atoms with Crippen LogP contribution in [0.3, 0.4) is 0 Å². The van der Waals surface area contributed by atoms with E-state index in [0.717, 1.165) is 16.3 Å². The standard InChI is InChI=1S/C13H17NS/c1-9-6-7-13(8-10(9)2)11(3)14-12(4)15-5/h6-8H,3H2,1-2,4-5H3. The van der Waals surface area contributed by atoms with Gasteiger partial charge in [-0.2, -0.15) is 0 Å². The van der Waals surface area contributed by atoms with Gasteiger partial charge in [-0.25, -0.2) is 4.99 Å². The van der Waals surface area contributed by atoms with E-state index >= 15 is 0 Å². The Kier molecular flexibility index (Phi) is 4.15. The number of aliphatic imine (C=N–C) groups is 1. The second-order valence-electron chi connectivity index (χ2n) is 3.58. The Bertz CT molecular complexity index is 405. The topological polar surface area (TPSA) is 12.4 Å². The molecule has 0 saturated heterocycles. The van der Waals surface area contributed by atoms with Crippen molar-refractivity contribution < 1.29 is 0 Å². The highest BCUT2D eigenvalue weighted by atomic mass is 32.2. The molecule has 15 heavy (non-hydrogen) atoms. The fourth-order valence-corrected chi connectivity index (χ4v) is 1.42. The lowest BCUT2D eigenvalue weighted by molar-refractivity contribution is 1.32. The molecule has 1 rings (SSSR count). The van der Waals surface area contributed by atoms with Gasteiger partial charge in [0.1, 0.15) is 0 Å². The Labute approximate surface area is 96.3 Å². The van der Waals surface area contributed by atoms with Crippen LogP contribution in [0.15, 0.2) is 29.8 Å².